The van der Waals surface area contributed by atoms with Crippen LogP contribution in [-0.2, 0) is 0 Å². The third kappa shape index (κ3) is 4.16. The molecule has 0 spiro atoms. The topological polar surface area (TPSA) is 39.1 Å². The van der Waals surface area contributed by atoms with Gasteiger partial charge in [0.15, 0.2) is 0 Å². The molecule has 0 amide bonds. The summed E-state index contributed by atoms with van der Waals surface area (Å²) in [6, 6.07) is 10.7. The molecular formula is C17H25N3. The molecule has 0 saturated carbocycles. The van der Waals surface area contributed by atoms with Crippen LogP contribution in [-0.4, -0.2) is 19.1 Å². The van der Waals surface area contributed by atoms with E-state index in [-0.39, 0.29) is 6.04 Å². The molecular weight excluding hydrogens is 246 g/mol. The van der Waals surface area contributed by atoms with Gasteiger partial charge in [0.05, 0.1) is 6.07 Å². The number of nitrogens with one attached hydrogen (secondary N) is 1. The van der Waals surface area contributed by atoms with Crippen LogP contribution in [0.3, 0.4) is 0 Å². The van der Waals surface area contributed by atoms with Crippen molar-refractivity contribution in [3.8, 4) is 6.07 Å². The summed E-state index contributed by atoms with van der Waals surface area (Å²) in [5.41, 5.74) is 2.34. The average molecular weight is 271 g/mol. The molecule has 1 aromatic carbocycles. The van der Waals surface area contributed by atoms with E-state index in [9.17, 15) is 5.26 Å². The fourth-order valence-corrected chi connectivity index (χ4v) is 2.74. The molecule has 0 aliphatic carbocycles. The Hall–Kier alpha value is -1.69. The van der Waals surface area contributed by atoms with E-state index in [0.29, 0.717) is 5.92 Å². The predicted octanol–water partition coefficient (Wildman–Crippen LogP) is 4.03. The maximum Gasteiger partial charge on any atom is 0.114 e. The van der Waals surface area contributed by atoms with Crippen LogP contribution >= 0.6 is 0 Å². The quantitative estimate of drug-likeness (QED) is 0.879. The van der Waals surface area contributed by atoms with Crippen molar-refractivity contribution in [3.63, 3.8) is 0 Å². The predicted molar refractivity (Wildman–Crippen MR) is 85.0 cm³/mol. The molecule has 1 fully saturated rings. The van der Waals surface area contributed by atoms with Crippen LogP contribution in [0, 0.1) is 17.2 Å². The molecule has 1 aliphatic heterocycles. The first kappa shape index (κ1) is 14.7. The smallest absolute Gasteiger partial charge is 0.114 e. The van der Waals surface area contributed by atoms with Gasteiger partial charge in [-0.05, 0) is 55.9 Å². The molecule has 108 valence electrons. The number of nitriles is 1. The van der Waals surface area contributed by atoms with Crippen molar-refractivity contribution < 1.29 is 0 Å². The first-order chi connectivity index (χ1) is 9.69. The van der Waals surface area contributed by atoms with Crippen molar-refractivity contribution in [1.29, 1.82) is 5.26 Å². The number of rotatable bonds is 5. The Labute approximate surface area is 122 Å². The Bertz CT molecular complexity index is 438. The lowest BCUT2D eigenvalue weighted by Crippen LogP contribution is -2.29. The van der Waals surface area contributed by atoms with E-state index in [1.165, 1.54) is 38.0 Å². The van der Waals surface area contributed by atoms with Gasteiger partial charge in [0, 0.05) is 24.5 Å². The minimum atomic E-state index is -0.101. The molecule has 1 aliphatic rings. The third-order valence-electron chi connectivity index (χ3n) is 3.79. The number of piperidine rings is 1. The second-order valence-electron chi connectivity index (χ2n) is 6.05. The lowest BCUT2D eigenvalue weighted by molar-refractivity contribution is 0.568. The van der Waals surface area contributed by atoms with Crippen molar-refractivity contribution in [2.45, 2.75) is 45.6 Å². The molecule has 3 nitrogen and oxygen atoms in total. The highest BCUT2D eigenvalue weighted by molar-refractivity contribution is 5.56. The fourth-order valence-electron chi connectivity index (χ4n) is 2.74. The standard InChI is InChI=1S/C17H25N3/c1-14(2)12-16(13-18)19-15-6-8-17(9-7-15)20-10-4-3-5-11-20/h6-9,14,16,19H,3-5,10-12H2,1-2H3. The van der Waals surface area contributed by atoms with Gasteiger partial charge in [-0.3, -0.25) is 0 Å². The second kappa shape index (κ2) is 7.19. The number of benzene rings is 1. The van der Waals surface area contributed by atoms with Crippen LogP contribution in [0.5, 0.6) is 0 Å². The fraction of sp³-hybridized carbons (Fsp3) is 0.588. The van der Waals surface area contributed by atoms with Gasteiger partial charge in [-0.25, -0.2) is 0 Å². The van der Waals surface area contributed by atoms with Gasteiger partial charge >= 0.3 is 0 Å². The first-order valence-electron chi connectivity index (χ1n) is 7.70. The van der Waals surface area contributed by atoms with Gasteiger partial charge in [-0.2, -0.15) is 5.26 Å². The number of anilines is 2. The summed E-state index contributed by atoms with van der Waals surface area (Å²) in [5, 5.41) is 12.5. The maximum absolute atomic E-state index is 9.17. The third-order valence-corrected chi connectivity index (χ3v) is 3.79. The van der Waals surface area contributed by atoms with Gasteiger partial charge in [-0.1, -0.05) is 13.8 Å². The zero-order chi connectivity index (χ0) is 14.4. The van der Waals surface area contributed by atoms with Crippen LogP contribution < -0.4 is 10.2 Å². The lowest BCUT2D eigenvalue weighted by Gasteiger charge is -2.29. The van der Waals surface area contributed by atoms with Crippen molar-refractivity contribution >= 4 is 11.4 Å². The zero-order valence-corrected chi connectivity index (χ0v) is 12.6. The summed E-state index contributed by atoms with van der Waals surface area (Å²) in [6.45, 7) is 6.62. The van der Waals surface area contributed by atoms with Crippen LogP contribution in [0.1, 0.15) is 39.5 Å². The summed E-state index contributed by atoms with van der Waals surface area (Å²) in [5.74, 6) is 0.528. The molecule has 1 unspecified atom stereocenters. The summed E-state index contributed by atoms with van der Waals surface area (Å²) in [7, 11) is 0. The first-order valence-corrected chi connectivity index (χ1v) is 7.70. The van der Waals surface area contributed by atoms with Gasteiger partial charge < -0.3 is 10.2 Å². The molecule has 0 radical (unpaired) electrons. The number of nitrogens with zero attached hydrogens (tertiary/aromatic N) is 2. The minimum absolute atomic E-state index is 0.101. The van der Waals surface area contributed by atoms with Crippen LogP contribution in [0.25, 0.3) is 0 Å². The second-order valence-corrected chi connectivity index (χ2v) is 6.05. The highest BCUT2D eigenvalue weighted by atomic mass is 15.1. The van der Waals surface area contributed by atoms with Crippen LogP contribution in [0.15, 0.2) is 24.3 Å². The maximum atomic E-state index is 9.17. The Morgan fingerprint density at radius 3 is 2.35 bits per heavy atom. The van der Waals surface area contributed by atoms with E-state index in [1.54, 1.807) is 0 Å². The Balaban J connectivity index is 1.95. The Morgan fingerprint density at radius 1 is 1.15 bits per heavy atom. The monoisotopic (exact) mass is 271 g/mol. The Morgan fingerprint density at radius 2 is 1.80 bits per heavy atom. The average Bonchev–Trinajstić information content (AvgIpc) is 2.48. The summed E-state index contributed by atoms with van der Waals surface area (Å²) in [4.78, 5) is 2.45. The van der Waals surface area contributed by atoms with Gasteiger partial charge in [0.1, 0.15) is 6.04 Å². The molecule has 2 rings (SSSR count). The summed E-state index contributed by atoms with van der Waals surface area (Å²) < 4.78 is 0. The minimum Gasteiger partial charge on any atom is -0.372 e. The molecule has 0 bridgehead atoms. The molecule has 0 aromatic heterocycles. The molecule has 1 N–H and O–H groups in total. The van der Waals surface area contributed by atoms with Crippen molar-refractivity contribution in [2.75, 3.05) is 23.3 Å². The molecule has 3 heteroatoms. The van der Waals surface area contributed by atoms with E-state index in [1.807, 2.05) is 0 Å². The van der Waals surface area contributed by atoms with E-state index >= 15 is 0 Å². The SMILES string of the molecule is CC(C)CC(C#N)Nc1ccc(N2CCCCC2)cc1. The van der Waals surface area contributed by atoms with E-state index in [4.69, 9.17) is 0 Å². The van der Waals surface area contributed by atoms with Crippen LogP contribution in [0.2, 0.25) is 0 Å². The molecule has 20 heavy (non-hydrogen) atoms. The van der Waals surface area contributed by atoms with Crippen molar-refractivity contribution in [2.24, 2.45) is 5.92 Å². The zero-order valence-electron chi connectivity index (χ0n) is 12.6. The molecule has 1 aromatic rings. The lowest BCUT2D eigenvalue weighted by atomic mass is 10.0. The highest BCUT2D eigenvalue weighted by Crippen LogP contribution is 2.22. The highest BCUT2D eigenvalue weighted by Gasteiger charge is 2.12. The van der Waals surface area contributed by atoms with E-state index < -0.39 is 0 Å². The van der Waals surface area contributed by atoms with Gasteiger partial charge in [0.2, 0.25) is 0 Å². The summed E-state index contributed by atoms with van der Waals surface area (Å²) in [6.07, 6.45) is 4.83. The van der Waals surface area contributed by atoms with E-state index in [2.05, 4.69) is 54.4 Å². The molecule has 1 heterocycles. The molecule has 1 atom stereocenters. The number of hydrogen-bond donors (Lipinski definition) is 1. The van der Waals surface area contributed by atoms with E-state index in [0.717, 1.165) is 12.1 Å². The van der Waals surface area contributed by atoms with Gasteiger partial charge in [0.25, 0.3) is 0 Å². The van der Waals surface area contributed by atoms with Crippen molar-refractivity contribution in [3.05, 3.63) is 24.3 Å². The number of hydrogen-bond acceptors (Lipinski definition) is 3. The Kier molecular flexibility index (Phi) is 5.29. The normalized spacial score (nSPS) is 16.8. The molecule has 1 saturated heterocycles. The summed E-state index contributed by atoms with van der Waals surface area (Å²) >= 11 is 0. The van der Waals surface area contributed by atoms with Gasteiger partial charge in [-0.15, -0.1) is 0 Å². The van der Waals surface area contributed by atoms with Crippen LogP contribution in [0.4, 0.5) is 11.4 Å². The van der Waals surface area contributed by atoms with Crippen molar-refractivity contribution in [1.82, 2.24) is 0 Å². The largest absolute Gasteiger partial charge is 0.372 e.